The van der Waals surface area contributed by atoms with E-state index in [1.807, 2.05) is 0 Å². The van der Waals surface area contributed by atoms with Gasteiger partial charge in [0.05, 0.1) is 4.90 Å². The molecule has 0 aliphatic heterocycles. The number of benzene rings is 1. The second-order valence-electron chi connectivity index (χ2n) is 3.62. The zero-order valence-electron chi connectivity index (χ0n) is 9.05. The topological polar surface area (TPSA) is 83.5 Å². The molecule has 0 fully saturated rings. The van der Waals surface area contributed by atoms with Crippen LogP contribution in [-0.2, 0) is 21.1 Å². The summed E-state index contributed by atoms with van der Waals surface area (Å²) in [6.45, 7) is 0. The molecule has 94 valence electrons. The van der Waals surface area contributed by atoms with Crippen LogP contribution in [0.3, 0.4) is 0 Å². The predicted octanol–water partition coefficient (Wildman–Crippen LogP) is 0.829. The first-order valence-corrected chi connectivity index (χ1v) is 6.99. The van der Waals surface area contributed by atoms with Crippen molar-refractivity contribution in [3.8, 4) is 0 Å². The van der Waals surface area contributed by atoms with Gasteiger partial charge in [0.2, 0.25) is 0 Å². The first kappa shape index (κ1) is 14.0. The Morgan fingerprint density at radius 3 is 2.65 bits per heavy atom. The molecule has 0 bridgehead atoms. The third-order valence-corrected chi connectivity index (χ3v) is 3.57. The number of halogens is 1. The zero-order valence-corrected chi connectivity index (χ0v) is 10.6. The molecule has 0 saturated carbocycles. The highest BCUT2D eigenvalue weighted by atomic mass is 35.5. The number of rotatable bonds is 5. The minimum absolute atomic E-state index is 0.113. The third-order valence-electron chi connectivity index (χ3n) is 2.20. The first-order chi connectivity index (χ1) is 7.84. The molecule has 5 nitrogen and oxygen atoms in total. The van der Waals surface area contributed by atoms with Crippen molar-refractivity contribution < 1.29 is 18.3 Å². The number of aliphatic carboxylic acids is 1. The fourth-order valence-electron chi connectivity index (χ4n) is 1.31. The molecule has 0 saturated heterocycles. The molecule has 0 spiro atoms. The van der Waals surface area contributed by atoms with Crippen molar-refractivity contribution in [1.82, 2.24) is 4.84 Å². The van der Waals surface area contributed by atoms with Crippen LogP contribution in [0.2, 0.25) is 0 Å². The molecule has 1 aromatic rings. The summed E-state index contributed by atoms with van der Waals surface area (Å²) < 4.78 is 22.6. The van der Waals surface area contributed by atoms with Gasteiger partial charge in [-0.05, 0) is 35.9 Å². The summed E-state index contributed by atoms with van der Waals surface area (Å²) in [6, 6.07) is 5.17. The lowest BCUT2D eigenvalue weighted by molar-refractivity contribution is -0.138. The number of nitrogens with one attached hydrogen (secondary N) is 1. The largest absolute Gasteiger partial charge is 0.480 e. The molecule has 1 rings (SSSR count). The lowest BCUT2D eigenvalue weighted by Crippen LogP contribution is -2.32. The van der Waals surface area contributed by atoms with Crippen LogP contribution >= 0.6 is 11.8 Å². The Balaban J connectivity index is 2.97. The average molecular weight is 278 g/mol. The van der Waals surface area contributed by atoms with Gasteiger partial charge in [0, 0.05) is 6.26 Å². The van der Waals surface area contributed by atoms with Crippen molar-refractivity contribution in [2.45, 2.75) is 17.4 Å². The number of carboxylic acid groups (broad SMARTS) is 1. The van der Waals surface area contributed by atoms with Gasteiger partial charge in [-0.3, -0.25) is 4.79 Å². The Morgan fingerprint density at radius 1 is 1.53 bits per heavy atom. The van der Waals surface area contributed by atoms with Crippen molar-refractivity contribution in [2.75, 3.05) is 6.26 Å². The Hall–Kier alpha value is -1.11. The van der Waals surface area contributed by atoms with Crippen LogP contribution < -0.4 is 4.84 Å². The van der Waals surface area contributed by atoms with Crippen LogP contribution in [0.1, 0.15) is 5.56 Å². The van der Waals surface area contributed by atoms with E-state index in [1.54, 1.807) is 12.1 Å². The summed E-state index contributed by atoms with van der Waals surface area (Å²) in [7, 11) is -3.29. The molecular formula is C10H12ClNO4S. The van der Waals surface area contributed by atoms with Crippen LogP contribution in [0.15, 0.2) is 29.2 Å². The van der Waals surface area contributed by atoms with Gasteiger partial charge in [0.1, 0.15) is 6.04 Å². The fourth-order valence-corrected chi connectivity index (χ4v) is 2.17. The molecule has 0 unspecified atom stereocenters. The molecule has 0 aromatic heterocycles. The van der Waals surface area contributed by atoms with Crippen molar-refractivity contribution in [1.29, 1.82) is 0 Å². The highest BCUT2D eigenvalue weighted by Crippen LogP contribution is 2.13. The van der Waals surface area contributed by atoms with Crippen molar-refractivity contribution in [3.05, 3.63) is 29.8 Å². The predicted molar refractivity (Wildman–Crippen MR) is 63.7 cm³/mol. The number of hydrogen-bond acceptors (Lipinski definition) is 4. The minimum Gasteiger partial charge on any atom is -0.480 e. The summed E-state index contributed by atoms with van der Waals surface area (Å²) in [5.41, 5.74) is 0.591. The summed E-state index contributed by atoms with van der Waals surface area (Å²) in [5, 5.41) is 8.80. The first-order valence-electron chi connectivity index (χ1n) is 4.72. The summed E-state index contributed by atoms with van der Waals surface area (Å²) >= 11 is 5.29. The van der Waals surface area contributed by atoms with Gasteiger partial charge in [0.25, 0.3) is 0 Å². The summed E-state index contributed by atoms with van der Waals surface area (Å²) in [4.78, 5) is 13.0. The Labute approximate surface area is 104 Å². The van der Waals surface area contributed by atoms with E-state index in [0.29, 0.717) is 5.56 Å². The number of carboxylic acids is 1. The molecular weight excluding hydrogens is 266 g/mol. The normalized spacial score (nSPS) is 13.3. The van der Waals surface area contributed by atoms with Crippen LogP contribution in [-0.4, -0.2) is 31.8 Å². The standard InChI is InChI=1S/C10H12ClNO4S/c1-17(15,16)8-4-2-3-7(5-8)6-9(12-11)10(13)14/h2-5,9,12H,6H2,1H3,(H,13,14)/t9-/m0/s1. The molecule has 17 heavy (non-hydrogen) atoms. The fraction of sp³-hybridized carbons (Fsp3) is 0.300. The Morgan fingerprint density at radius 2 is 2.18 bits per heavy atom. The van der Waals surface area contributed by atoms with Crippen LogP contribution in [0.5, 0.6) is 0 Å². The molecule has 7 heteroatoms. The van der Waals surface area contributed by atoms with Gasteiger partial charge >= 0.3 is 5.97 Å². The van der Waals surface area contributed by atoms with Crippen molar-refractivity contribution in [2.24, 2.45) is 0 Å². The van der Waals surface area contributed by atoms with Crippen molar-refractivity contribution in [3.63, 3.8) is 0 Å². The smallest absolute Gasteiger partial charge is 0.322 e. The van der Waals surface area contributed by atoms with Gasteiger partial charge in [-0.15, -0.1) is 0 Å². The highest BCUT2D eigenvalue weighted by molar-refractivity contribution is 7.90. The SMILES string of the molecule is CS(=O)(=O)c1cccc(C[C@H](NCl)C(=O)O)c1. The van der Waals surface area contributed by atoms with Gasteiger partial charge in [-0.2, -0.15) is 0 Å². The second-order valence-corrected chi connectivity index (χ2v) is 5.86. The summed E-state index contributed by atoms with van der Waals surface area (Å²) in [5.74, 6) is -1.09. The van der Waals surface area contributed by atoms with E-state index in [-0.39, 0.29) is 11.3 Å². The maximum atomic E-state index is 11.3. The van der Waals surface area contributed by atoms with Crippen LogP contribution in [0.25, 0.3) is 0 Å². The Bertz CT molecular complexity index is 515. The van der Waals surface area contributed by atoms with Crippen LogP contribution in [0.4, 0.5) is 0 Å². The van der Waals surface area contributed by atoms with Gasteiger partial charge < -0.3 is 5.11 Å². The highest BCUT2D eigenvalue weighted by Gasteiger charge is 2.17. The van der Waals surface area contributed by atoms with E-state index in [4.69, 9.17) is 16.9 Å². The monoisotopic (exact) mass is 277 g/mol. The van der Waals surface area contributed by atoms with E-state index >= 15 is 0 Å². The van der Waals surface area contributed by atoms with Gasteiger partial charge in [0.15, 0.2) is 9.84 Å². The summed E-state index contributed by atoms with van der Waals surface area (Å²) in [6.07, 6.45) is 1.21. The molecule has 1 atom stereocenters. The van der Waals surface area contributed by atoms with Crippen molar-refractivity contribution >= 4 is 27.6 Å². The van der Waals surface area contributed by atoms with Gasteiger partial charge in [-0.1, -0.05) is 12.1 Å². The third kappa shape index (κ3) is 3.99. The molecule has 0 aliphatic rings. The maximum Gasteiger partial charge on any atom is 0.322 e. The number of sulfone groups is 1. The maximum absolute atomic E-state index is 11.3. The second kappa shape index (κ2) is 5.48. The molecule has 0 amide bonds. The zero-order chi connectivity index (χ0) is 13.1. The molecule has 0 aliphatic carbocycles. The molecule has 0 radical (unpaired) electrons. The van der Waals surface area contributed by atoms with E-state index in [0.717, 1.165) is 6.26 Å². The quantitative estimate of drug-likeness (QED) is 0.779. The van der Waals surface area contributed by atoms with E-state index in [9.17, 15) is 13.2 Å². The van der Waals surface area contributed by atoms with E-state index in [2.05, 4.69) is 4.84 Å². The number of carbonyl (C=O) groups is 1. The van der Waals surface area contributed by atoms with E-state index in [1.165, 1.54) is 12.1 Å². The molecule has 2 N–H and O–H groups in total. The molecule has 0 heterocycles. The van der Waals surface area contributed by atoms with Crippen LogP contribution in [0, 0.1) is 0 Å². The lowest BCUT2D eigenvalue weighted by Gasteiger charge is -2.10. The average Bonchev–Trinajstić information content (AvgIpc) is 2.24. The molecule has 1 aromatic carbocycles. The Kier molecular flexibility index (Phi) is 4.50. The van der Waals surface area contributed by atoms with E-state index < -0.39 is 21.8 Å². The minimum atomic E-state index is -3.29. The van der Waals surface area contributed by atoms with Gasteiger partial charge in [-0.25, -0.2) is 13.3 Å². The lowest BCUT2D eigenvalue weighted by atomic mass is 10.1. The number of hydrogen-bond donors (Lipinski definition) is 2.